The number of hydrogen-bond donors (Lipinski definition) is 2. The fraction of sp³-hybridized carbons (Fsp3) is 0.167. The third-order valence-corrected chi connectivity index (χ3v) is 2.78. The van der Waals surface area contributed by atoms with Crippen LogP contribution >= 0.6 is 12.6 Å². The monoisotopic (exact) mass is 249 g/mol. The molecule has 4 nitrogen and oxygen atoms in total. The number of rotatable bonds is 3. The zero-order valence-electron chi connectivity index (χ0n) is 9.12. The second-order valence-electron chi connectivity index (χ2n) is 3.68. The lowest BCUT2D eigenvalue weighted by atomic mass is 10.1. The molecule has 1 unspecified atom stereocenters. The number of nitrogens with zero attached hydrogens (tertiary/aromatic N) is 1. The number of aliphatic carboxylic acids is 1. The zero-order chi connectivity index (χ0) is 12.4. The SMILES string of the molecule is Cc1ccc(-c2coc(C(S)C(=O)O)n2)cc1. The summed E-state index contributed by atoms with van der Waals surface area (Å²) in [5.74, 6) is -0.984. The van der Waals surface area contributed by atoms with E-state index in [4.69, 9.17) is 9.52 Å². The van der Waals surface area contributed by atoms with E-state index in [2.05, 4.69) is 17.6 Å². The maximum absolute atomic E-state index is 10.7. The highest BCUT2D eigenvalue weighted by Crippen LogP contribution is 2.24. The van der Waals surface area contributed by atoms with Crippen molar-refractivity contribution in [3.63, 3.8) is 0 Å². The Morgan fingerprint density at radius 3 is 2.65 bits per heavy atom. The van der Waals surface area contributed by atoms with E-state index in [9.17, 15) is 4.79 Å². The van der Waals surface area contributed by atoms with Crippen LogP contribution in [-0.2, 0) is 4.79 Å². The molecule has 0 fully saturated rings. The van der Waals surface area contributed by atoms with Crippen molar-refractivity contribution in [1.82, 2.24) is 4.98 Å². The summed E-state index contributed by atoms with van der Waals surface area (Å²) in [4.78, 5) is 14.8. The first-order valence-electron chi connectivity index (χ1n) is 5.01. The van der Waals surface area contributed by atoms with Gasteiger partial charge in [-0.3, -0.25) is 4.79 Å². The first-order chi connectivity index (χ1) is 8.08. The molecule has 0 aliphatic heterocycles. The van der Waals surface area contributed by atoms with Crippen molar-refractivity contribution in [3.8, 4) is 11.3 Å². The van der Waals surface area contributed by atoms with E-state index in [0.29, 0.717) is 5.69 Å². The summed E-state index contributed by atoms with van der Waals surface area (Å²) >= 11 is 3.90. The number of aromatic nitrogens is 1. The lowest BCUT2D eigenvalue weighted by molar-refractivity contribution is -0.136. The largest absolute Gasteiger partial charge is 0.480 e. The molecular formula is C12H11NO3S. The number of aryl methyl sites for hydroxylation is 1. The first kappa shape index (κ1) is 11.7. The van der Waals surface area contributed by atoms with Crippen LogP contribution in [0.15, 0.2) is 34.9 Å². The highest BCUT2D eigenvalue weighted by molar-refractivity contribution is 7.81. The molecule has 0 radical (unpaired) electrons. The van der Waals surface area contributed by atoms with Gasteiger partial charge in [-0.1, -0.05) is 29.8 Å². The average Bonchev–Trinajstić information content (AvgIpc) is 2.78. The summed E-state index contributed by atoms with van der Waals surface area (Å²) in [5, 5.41) is 7.74. The van der Waals surface area contributed by atoms with Gasteiger partial charge in [0.1, 0.15) is 12.0 Å². The number of thiol groups is 1. The van der Waals surface area contributed by atoms with Gasteiger partial charge in [-0.05, 0) is 6.92 Å². The van der Waals surface area contributed by atoms with Gasteiger partial charge in [0.25, 0.3) is 0 Å². The minimum atomic E-state index is -1.08. The van der Waals surface area contributed by atoms with E-state index >= 15 is 0 Å². The van der Waals surface area contributed by atoms with Crippen LogP contribution < -0.4 is 0 Å². The standard InChI is InChI=1S/C12H11NO3S/c1-7-2-4-8(5-3-7)9-6-16-11(13-9)10(17)12(14)15/h2-6,10,17H,1H3,(H,14,15). The lowest BCUT2D eigenvalue weighted by Gasteiger charge is -1.98. The van der Waals surface area contributed by atoms with E-state index in [0.717, 1.165) is 11.1 Å². The van der Waals surface area contributed by atoms with Crippen molar-refractivity contribution in [3.05, 3.63) is 42.0 Å². The van der Waals surface area contributed by atoms with Crippen molar-refractivity contribution in [2.75, 3.05) is 0 Å². The van der Waals surface area contributed by atoms with Crippen LogP contribution in [0.1, 0.15) is 16.7 Å². The Balaban J connectivity index is 2.29. The van der Waals surface area contributed by atoms with Gasteiger partial charge in [-0.2, -0.15) is 12.6 Å². The maximum atomic E-state index is 10.7. The van der Waals surface area contributed by atoms with Gasteiger partial charge >= 0.3 is 5.97 Å². The Bertz CT molecular complexity index is 533. The first-order valence-corrected chi connectivity index (χ1v) is 5.53. The summed E-state index contributed by atoms with van der Waals surface area (Å²) in [7, 11) is 0. The minimum absolute atomic E-state index is 0.0939. The Morgan fingerprint density at radius 1 is 1.41 bits per heavy atom. The molecule has 5 heteroatoms. The predicted molar refractivity (Wildman–Crippen MR) is 66.0 cm³/mol. The van der Waals surface area contributed by atoms with Crippen LogP contribution in [0, 0.1) is 6.92 Å². The van der Waals surface area contributed by atoms with Gasteiger partial charge in [0.15, 0.2) is 5.25 Å². The predicted octanol–water partition coefficient (Wildman–Crippen LogP) is 2.71. The molecule has 0 saturated carbocycles. The molecular weight excluding hydrogens is 238 g/mol. The normalized spacial score (nSPS) is 12.4. The van der Waals surface area contributed by atoms with E-state index < -0.39 is 11.2 Å². The number of carboxylic acids is 1. The van der Waals surface area contributed by atoms with E-state index in [1.165, 1.54) is 6.26 Å². The fourth-order valence-electron chi connectivity index (χ4n) is 1.38. The zero-order valence-corrected chi connectivity index (χ0v) is 10.0. The van der Waals surface area contributed by atoms with Crippen LogP contribution in [0.2, 0.25) is 0 Å². The van der Waals surface area contributed by atoms with Crippen LogP contribution in [-0.4, -0.2) is 16.1 Å². The highest BCUT2D eigenvalue weighted by Gasteiger charge is 2.20. The van der Waals surface area contributed by atoms with Crippen LogP contribution in [0.25, 0.3) is 11.3 Å². The van der Waals surface area contributed by atoms with E-state index in [1.807, 2.05) is 31.2 Å². The summed E-state index contributed by atoms with van der Waals surface area (Å²) in [5.41, 5.74) is 2.65. The third kappa shape index (κ3) is 2.50. The average molecular weight is 249 g/mol. The van der Waals surface area contributed by atoms with Crippen LogP contribution in [0.4, 0.5) is 0 Å². The number of benzene rings is 1. The summed E-state index contributed by atoms with van der Waals surface area (Å²) in [6.45, 7) is 1.99. The number of carbonyl (C=O) groups is 1. The lowest BCUT2D eigenvalue weighted by Crippen LogP contribution is -2.05. The summed E-state index contributed by atoms with van der Waals surface area (Å²) in [6, 6.07) is 7.73. The quantitative estimate of drug-likeness (QED) is 0.821. The van der Waals surface area contributed by atoms with Crippen molar-refractivity contribution in [2.45, 2.75) is 12.2 Å². The van der Waals surface area contributed by atoms with Crippen molar-refractivity contribution in [1.29, 1.82) is 0 Å². The van der Waals surface area contributed by atoms with Crippen molar-refractivity contribution in [2.24, 2.45) is 0 Å². The molecule has 0 bridgehead atoms. The minimum Gasteiger partial charge on any atom is -0.480 e. The van der Waals surface area contributed by atoms with Gasteiger partial charge in [-0.25, -0.2) is 4.98 Å². The molecule has 0 amide bonds. The number of oxazole rings is 1. The van der Waals surface area contributed by atoms with E-state index in [1.54, 1.807) is 0 Å². The molecule has 88 valence electrons. The second kappa shape index (κ2) is 4.63. The molecule has 2 aromatic rings. The van der Waals surface area contributed by atoms with E-state index in [-0.39, 0.29) is 5.89 Å². The molecule has 0 aliphatic carbocycles. The Labute approximate surface area is 104 Å². The second-order valence-corrected chi connectivity index (χ2v) is 4.19. The Hall–Kier alpha value is -1.75. The Kier molecular flexibility index (Phi) is 3.19. The van der Waals surface area contributed by atoms with Crippen LogP contribution in [0.3, 0.4) is 0 Å². The summed E-state index contributed by atoms with van der Waals surface area (Å²) in [6.07, 6.45) is 1.44. The molecule has 0 spiro atoms. The molecule has 1 heterocycles. The van der Waals surface area contributed by atoms with Crippen LogP contribution in [0.5, 0.6) is 0 Å². The van der Waals surface area contributed by atoms with Crippen molar-refractivity contribution < 1.29 is 14.3 Å². The van der Waals surface area contributed by atoms with Gasteiger partial charge in [0, 0.05) is 5.56 Å². The molecule has 1 aromatic carbocycles. The smallest absolute Gasteiger partial charge is 0.325 e. The van der Waals surface area contributed by atoms with Gasteiger partial charge in [0.2, 0.25) is 5.89 Å². The molecule has 0 saturated heterocycles. The third-order valence-electron chi connectivity index (χ3n) is 2.34. The Morgan fingerprint density at radius 2 is 2.06 bits per heavy atom. The molecule has 1 atom stereocenters. The van der Waals surface area contributed by atoms with Gasteiger partial charge in [0.05, 0.1) is 0 Å². The highest BCUT2D eigenvalue weighted by atomic mass is 32.1. The number of hydrogen-bond acceptors (Lipinski definition) is 4. The van der Waals surface area contributed by atoms with Crippen molar-refractivity contribution >= 4 is 18.6 Å². The van der Waals surface area contributed by atoms with Gasteiger partial charge < -0.3 is 9.52 Å². The molecule has 2 rings (SSSR count). The molecule has 17 heavy (non-hydrogen) atoms. The topological polar surface area (TPSA) is 63.3 Å². The van der Waals surface area contributed by atoms with Gasteiger partial charge in [-0.15, -0.1) is 0 Å². The molecule has 0 aliphatic rings. The summed E-state index contributed by atoms with van der Waals surface area (Å²) < 4.78 is 5.10. The molecule has 1 aromatic heterocycles. The maximum Gasteiger partial charge on any atom is 0.325 e. The molecule has 1 N–H and O–H groups in total. The fourth-order valence-corrected chi connectivity index (χ4v) is 1.49. The number of carboxylic acid groups (broad SMARTS) is 1.